The molecule has 0 aromatic heterocycles. The van der Waals surface area contributed by atoms with E-state index >= 15 is 0 Å². The summed E-state index contributed by atoms with van der Waals surface area (Å²) in [4.78, 5) is 0. The summed E-state index contributed by atoms with van der Waals surface area (Å²) in [6.45, 7) is 9.41. The number of hydrogen-bond donors (Lipinski definition) is 0. The first-order valence-corrected chi connectivity index (χ1v) is 42.7. The third-order valence-electron chi connectivity index (χ3n) is 9.39. The monoisotopic (exact) mass is 812 g/mol. The van der Waals surface area contributed by atoms with Crippen LogP contribution >= 0.6 is 12.3 Å². The Kier molecular flexibility index (Phi) is 29.0. The van der Waals surface area contributed by atoms with Crippen molar-refractivity contribution in [3.63, 3.8) is 0 Å². The summed E-state index contributed by atoms with van der Waals surface area (Å²) in [5.74, 6) is 0. The zero-order valence-electron chi connectivity index (χ0n) is 28.4. The number of unbranched alkanes of at least 4 members (excludes halogenated alkanes) is 24. The predicted molar refractivity (Wildman–Crippen MR) is 198 cm³/mol. The molecule has 0 aromatic rings. The minimum absolute atomic E-state index is 1.39. The summed E-state index contributed by atoms with van der Waals surface area (Å²) < 4.78 is 7.00. The van der Waals surface area contributed by atoms with Gasteiger partial charge in [-0.15, -0.1) is 0 Å². The molecular weight excluding hydrogens is 734 g/mol. The van der Waals surface area contributed by atoms with Gasteiger partial charge in [-0.05, 0) is 0 Å². The second kappa shape index (κ2) is 28.7. The van der Waals surface area contributed by atoms with Gasteiger partial charge in [-0.2, -0.15) is 0 Å². The second-order valence-corrected chi connectivity index (χ2v) is 81.4. The first kappa shape index (κ1) is 40.3. The molecule has 0 bridgehead atoms. The van der Waals surface area contributed by atoms with Crippen LogP contribution in [0.1, 0.15) is 207 Å². The Balaban J connectivity index is 2.59. The average Bonchev–Trinajstić information content (AvgIpc) is 2.94. The van der Waals surface area contributed by atoms with Gasteiger partial charge in [0.25, 0.3) is 0 Å². The fraction of sp³-hybridized carbons (Fsp3) is 1.00. The van der Waals surface area contributed by atoms with Crippen LogP contribution in [0.2, 0.25) is 17.7 Å². The zero-order valence-corrected chi connectivity index (χ0v) is 35.8. The fourth-order valence-corrected chi connectivity index (χ4v) is 246. The van der Waals surface area contributed by atoms with Crippen molar-refractivity contribution < 1.29 is 0 Å². The molecule has 1 aliphatic heterocycles. The van der Waals surface area contributed by atoms with Gasteiger partial charge in [0.05, 0.1) is 0 Å². The van der Waals surface area contributed by atoms with E-state index in [1.807, 2.05) is 0 Å². The Hall–Kier alpha value is 2.30. The summed E-state index contributed by atoms with van der Waals surface area (Å²) in [7, 11) is 0. The molecule has 0 N–H and O–H groups in total. The molecule has 4 heteroatoms. The topological polar surface area (TPSA) is 0 Å². The molecule has 1 saturated heterocycles. The van der Waals surface area contributed by atoms with E-state index in [4.69, 9.17) is 0 Å². The van der Waals surface area contributed by atoms with Crippen LogP contribution in [0.3, 0.4) is 0 Å². The molecule has 1 heterocycles. The Morgan fingerprint density at radius 1 is 0.250 bits per heavy atom. The van der Waals surface area contributed by atoms with Gasteiger partial charge < -0.3 is 0 Å². The normalized spacial score (nSPS) is 15.9. The molecule has 0 nitrogen and oxygen atoms in total. The molecule has 40 heavy (non-hydrogen) atoms. The molecule has 240 valence electrons. The molecule has 0 amide bonds. The molecule has 0 saturated carbocycles. The number of rotatable bonds is 32. The van der Waals surface area contributed by atoms with Crippen LogP contribution in [0, 0.1) is 0 Å². The fourth-order valence-electron chi connectivity index (χ4n) is 6.75. The van der Waals surface area contributed by atoms with Gasteiger partial charge in [-0.25, -0.2) is 0 Å². The second-order valence-electron chi connectivity index (χ2n) is 13.5. The third-order valence-corrected chi connectivity index (χ3v) is 178. The van der Waals surface area contributed by atoms with E-state index in [1.54, 1.807) is 69.1 Å². The van der Waals surface area contributed by atoms with Crippen LogP contribution in [0.4, 0.5) is 0 Å². The average molecular weight is 811 g/mol. The van der Waals surface area contributed by atoms with Crippen molar-refractivity contribution in [3.8, 4) is 0 Å². The maximum absolute atomic E-state index is 2.94. The van der Waals surface area contributed by atoms with Crippen molar-refractivity contribution in [2.75, 3.05) is 0 Å². The first-order chi connectivity index (χ1) is 19.7. The van der Waals surface area contributed by atoms with Crippen molar-refractivity contribution in [1.82, 2.24) is 0 Å². The predicted octanol–water partition coefficient (Wildman–Crippen LogP) is 15.4. The van der Waals surface area contributed by atoms with Crippen molar-refractivity contribution in [1.29, 1.82) is 0 Å². The van der Waals surface area contributed by atoms with E-state index in [-0.39, 0.29) is 0 Å². The van der Waals surface area contributed by atoms with Gasteiger partial charge in [-0.1, -0.05) is 0 Å². The Morgan fingerprint density at radius 2 is 0.425 bits per heavy atom. The Labute approximate surface area is 266 Å². The SMILES string of the molecule is CCCCCCCC[CH2][Sn]1([CH2]CCCCCCCC)[S][Sn]([CH2]CCCCCCCC)([CH2]CCCCCCCC)[S]1. The van der Waals surface area contributed by atoms with E-state index in [9.17, 15) is 0 Å². The van der Waals surface area contributed by atoms with E-state index in [1.165, 1.54) is 128 Å². The van der Waals surface area contributed by atoms with Crippen LogP contribution in [0.25, 0.3) is 0 Å². The van der Waals surface area contributed by atoms with Crippen LogP contribution in [0.5, 0.6) is 0 Å². The van der Waals surface area contributed by atoms with Gasteiger partial charge >= 0.3 is 269 Å². The molecule has 1 aliphatic rings. The van der Waals surface area contributed by atoms with Gasteiger partial charge in [0.15, 0.2) is 0 Å². The third kappa shape index (κ3) is 21.1. The first-order valence-electron chi connectivity index (χ1n) is 19.1. The van der Waals surface area contributed by atoms with Crippen molar-refractivity contribution >= 4 is 43.5 Å². The summed E-state index contributed by atoms with van der Waals surface area (Å²) in [5, 5.41) is 0. The molecule has 0 aromatic carbocycles. The summed E-state index contributed by atoms with van der Waals surface area (Å²) in [6.07, 6.45) is 48.0. The summed E-state index contributed by atoms with van der Waals surface area (Å²) in [6, 6.07) is 0. The number of hydrogen-bond acceptors (Lipinski definition) is 2. The van der Waals surface area contributed by atoms with E-state index < -0.39 is 31.2 Å². The van der Waals surface area contributed by atoms with E-state index in [2.05, 4.69) is 40.0 Å². The van der Waals surface area contributed by atoms with Crippen molar-refractivity contribution in [2.24, 2.45) is 0 Å². The van der Waals surface area contributed by atoms with E-state index in [0.717, 1.165) is 0 Å². The van der Waals surface area contributed by atoms with Gasteiger partial charge in [0, 0.05) is 0 Å². The quantitative estimate of drug-likeness (QED) is 0.0490. The Bertz CT molecular complexity index is 437. The van der Waals surface area contributed by atoms with E-state index in [0.29, 0.717) is 0 Å². The van der Waals surface area contributed by atoms with Gasteiger partial charge in [0.2, 0.25) is 0 Å². The summed E-state index contributed by atoms with van der Waals surface area (Å²) in [5.41, 5.74) is 0. The molecule has 0 atom stereocenters. The molecule has 0 radical (unpaired) electrons. The Morgan fingerprint density at radius 3 is 0.625 bits per heavy atom. The van der Waals surface area contributed by atoms with Crippen LogP contribution in [-0.2, 0) is 0 Å². The van der Waals surface area contributed by atoms with Crippen LogP contribution < -0.4 is 0 Å². The van der Waals surface area contributed by atoms with Gasteiger partial charge in [0.1, 0.15) is 0 Å². The molecule has 1 rings (SSSR count). The molecule has 0 spiro atoms. The van der Waals surface area contributed by atoms with Crippen molar-refractivity contribution in [2.45, 2.75) is 225 Å². The molecule has 0 unspecified atom stereocenters. The van der Waals surface area contributed by atoms with Crippen LogP contribution in [0.15, 0.2) is 0 Å². The van der Waals surface area contributed by atoms with Crippen molar-refractivity contribution in [3.05, 3.63) is 0 Å². The molecule has 1 fully saturated rings. The van der Waals surface area contributed by atoms with Crippen LogP contribution in [-0.4, -0.2) is 31.2 Å². The standard InChI is InChI=1S/4C9H19.2S.2Sn/c4*1-3-5-7-9-8-6-4-2;;;;/h4*1,3-9H2,2H3;;;;. The van der Waals surface area contributed by atoms with Gasteiger partial charge in [-0.3, -0.25) is 0 Å². The minimum atomic E-state index is -1.96. The molecule has 0 aliphatic carbocycles. The molecular formula is C36H76S2Sn2. The zero-order chi connectivity index (χ0) is 29.0. The summed E-state index contributed by atoms with van der Waals surface area (Å²) >= 11 is -3.92. The maximum atomic E-state index is 2.94.